The van der Waals surface area contributed by atoms with Crippen LogP contribution in [0.3, 0.4) is 0 Å². The first-order chi connectivity index (χ1) is 30.3. The molecule has 3 aromatic heterocycles. The predicted octanol–water partition coefficient (Wildman–Crippen LogP) is 14.6. The first kappa shape index (κ1) is 35.9. The summed E-state index contributed by atoms with van der Waals surface area (Å²) in [4.78, 5) is 10.1. The van der Waals surface area contributed by atoms with Gasteiger partial charge in [-0.3, -0.25) is 0 Å². The summed E-state index contributed by atoms with van der Waals surface area (Å²) in [5.74, 6) is 0.703. The summed E-state index contributed by atoms with van der Waals surface area (Å²) < 4.78 is 2.20. The molecule has 8 aromatic carbocycles. The third-order valence-corrected chi connectivity index (χ3v) is 11.4. The first-order valence-corrected chi connectivity index (χ1v) is 20.6. The molecule has 0 N–H and O–H groups in total. The van der Waals surface area contributed by atoms with Gasteiger partial charge in [-0.15, -0.1) is 0 Å². The third-order valence-electron chi connectivity index (χ3n) is 11.4. The monoisotopic (exact) mass is 778 g/mol. The third kappa shape index (κ3) is 6.67. The minimum absolute atomic E-state index is 0.703. The van der Waals surface area contributed by atoms with Crippen LogP contribution < -0.4 is 0 Å². The molecule has 3 heterocycles. The van der Waals surface area contributed by atoms with Gasteiger partial charge in [0.2, 0.25) is 0 Å². The maximum atomic E-state index is 5.53. The van der Waals surface area contributed by atoms with Crippen LogP contribution in [0.1, 0.15) is 0 Å². The zero-order valence-electron chi connectivity index (χ0n) is 33.2. The Bertz CT molecular complexity index is 3250. The molecule has 4 heteroatoms. The fourth-order valence-corrected chi connectivity index (χ4v) is 8.56. The molecule has 11 aromatic rings. The fraction of sp³-hybridized carbons (Fsp3) is 0. The Hall–Kier alpha value is -8.21. The number of benzene rings is 8. The lowest BCUT2D eigenvalue weighted by Gasteiger charge is -2.18. The second-order valence-electron chi connectivity index (χ2n) is 15.2. The SMILES string of the molecule is c1ccc(-c2cc(-c3cccc(-c4ccc(-c5c(-c6ccccc6)n6nc(-c7ccccc7)c(-c7ccccc7)c6c6ccccc56)cc4)c3)nc(-c3ccccc3)n2)cc1. The molecule has 0 aliphatic heterocycles. The molecule has 0 amide bonds. The van der Waals surface area contributed by atoms with Gasteiger partial charge in [-0.05, 0) is 39.8 Å². The van der Waals surface area contributed by atoms with E-state index in [2.05, 4.69) is 199 Å². The number of fused-ring (bicyclic) bond motifs is 3. The maximum absolute atomic E-state index is 5.53. The number of pyridine rings is 1. The topological polar surface area (TPSA) is 43.1 Å². The van der Waals surface area contributed by atoms with Gasteiger partial charge < -0.3 is 0 Å². The molecule has 0 atom stereocenters. The summed E-state index contributed by atoms with van der Waals surface area (Å²) in [5, 5.41) is 7.86. The molecule has 0 aliphatic carbocycles. The Balaban J connectivity index is 1.07. The van der Waals surface area contributed by atoms with Crippen molar-refractivity contribution in [1.29, 1.82) is 0 Å². The predicted molar refractivity (Wildman–Crippen MR) is 252 cm³/mol. The lowest BCUT2D eigenvalue weighted by Crippen LogP contribution is -2.00. The summed E-state index contributed by atoms with van der Waals surface area (Å²) in [6.45, 7) is 0. The van der Waals surface area contributed by atoms with Crippen LogP contribution in [0.2, 0.25) is 0 Å². The maximum Gasteiger partial charge on any atom is 0.160 e. The lowest BCUT2D eigenvalue weighted by molar-refractivity contribution is 0.981. The van der Waals surface area contributed by atoms with Crippen LogP contribution in [0.5, 0.6) is 0 Å². The highest BCUT2D eigenvalue weighted by molar-refractivity contribution is 6.14. The van der Waals surface area contributed by atoms with Gasteiger partial charge in [0, 0.05) is 44.3 Å². The molecule has 0 spiro atoms. The zero-order valence-corrected chi connectivity index (χ0v) is 33.2. The molecule has 11 rings (SSSR count). The van der Waals surface area contributed by atoms with Crippen molar-refractivity contribution in [3.63, 3.8) is 0 Å². The number of rotatable bonds is 8. The van der Waals surface area contributed by atoms with Gasteiger partial charge in [0.1, 0.15) is 5.69 Å². The second kappa shape index (κ2) is 15.5. The van der Waals surface area contributed by atoms with Gasteiger partial charge in [-0.2, -0.15) is 5.10 Å². The average molecular weight is 779 g/mol. The highest BCUT2D eigenvalue weighted by Gasteiger charge is 2.25. The number of hydrogen-bond acceptors (Lipinski definition) is 3. The number of nitrogens with zero attached hydrogens (tertiary/aromatic N) is 4. The van der Waals surface area contributed by atoms with E-state index in [1.165, 1.54) is 5.39 Å². The zero-order chi connectivity index (χ0) is 40.5. The van der Waals surface area contributed by atoms with Crippen LogP contribution in [0, 0.1) is 0 Å². The van der Waals surface area contributed by atoms with Gasteiger partial charge in [-0.25, -0.2) is 14.5 Å². The quantitative estimate of drug-likeness (QED) is 0.154. The normalized spacial score (nSPS) is 11.3. The molecule has 0 saturated carbocycles. The Labute approximate surface area is 354 Å². The minimum atomic E-state index is 0.703. The number of hydrogen-bond donors (Lipinski definition) is 0. The summed E-state index contributed by atoms with van der Waals surface area (Å²) in [7, 11) is 0. The highest BCUT2D eigenvalue weighted by Crippen LogP contribution is 2.46. The molecule has 0 bridgehead atoms. The van der Waals surface area contributed by atoms with Crippen molar-refractivity contribution in [1.82, 2.24) is 19.6 Å². The molecule has 0 aliphatic rings. The molecule has 0 fully saturated rings. The molecule has 286 valence electrons. The lowest BCUT2D eigenvalue weighted by atomic mass is 9.90. The van der Waals surface area contributed by atoms with Crippen LogP contribution in [0.4, 0.5) is 0 Å². The van der Waals surface area contributed by atoms with Crippen molar-refractivity contribution in [3.05, 3.63) is 231 Å². The Kier molecular flexibility index (Phi) is 9.14. The Morgan fingerprint density at radius 2 is 0.754 bits per heavy atom. The van der Waals surface area contributed by atoms with Crippen molar-refractivity contribution in [2.75, 3.05) is 0 Å². The van der Waals surface area contributed by atoms with Crippen molar-refractivity contribution in [3.8, 4) is 89.8 Å². The average Bonchev–Trinajstić information content (AvgIpc) is 3.76. The molecule has 61 heavy (non-hydrogen) atoms. The summed E-state index contributed by atoms with van der Waals surface area (Å²) in [6.07, 6.45) is 0. The van der Waals surface area contributed by atoms with Crippen molar-refractivity contribution in [2.24, 2.45) is 0 Å². The largest absolute Gasteiger partial charge is 0.231 e. The molecule has 0 saturated heterocycles. The van der Waals surface area contributed by atoms with Gasteiger partial charge in [0.25, 0.3) is 0 Å². The van der Waals surface area contributed by atoms with E-state index in [0.717, 1.165) is 94.9 Å². The summed E-state index contributed by atoms with van der Waals surface area (Å²) >= 11 is 0. The summed E-state index contributed by atoms with van der Waals surface area (Å²) in [5.41, 5.74) is 16.9. The number of aromatic nitrogens is 4. The van der Waals surface area contributed by atoms with Crippen LogP contribution in [-0.4, -0.2) is 19.6 Å². The first-order valence-electron chi connectivity index (χ1n) is 20.6. The van der Waals surface area contributed by atoms with Crippen LogP contribution in [0.25, 0.3) is 106 Å². The highest BCUT2D eigenvalue weighted by atomic mass is 15.2. The second-order valence-corrected chi connectivity index (χ2v) is 15.2. The van der Waals surface area contributed by atoms with E-state index in [-0.39, 0.29) is 0 Å². The van der Waals surface area contributed by atoms with E-state index in [1.807, 2.05) is 36.4 Å². The van der Waals surface area contributed by atoms with Crippen LogP contribution in [-0.2, 0) is 0 Å². The molecule has 0 unspecified atom stereocenters. The van der Waals surface area contributed by atoms with Gasteiger partial charge in [0.05, 0.1) is 22.6 Å². The minimum Gasteiger partial charge on any atom is -0.231 e. The van der Waals surface area contributed by atoms with E-state index >= 15 is 0 Å². The fourth-order valence-electron chi connectivity index (χ4n) is 8.56. The molecule has 4 nitrogen and oxygen atoms in total. The van der Waals surface area contributed by atoms with E-state index in [4.69, 9.17) is 15.1 Å². The van der Waals surface area contributed by atoms with Gasteiger partial charge >= 0.3 is 0 Å². The standard InChI is InChI=1S/C57H38N4/c1-6-19-40(20-7-1)50-38-51(59-57(58-50)45-27-14-5-15-28-45)47-30-18-29-46(37-47)39-33-35-42(36-34-39)52-48-31-16-17-32-49(48)56-53(41-21-8-2-9-22-41)54(43-23-10-3-11-24-43)60-61(56)55(52)44-25-12-4-13-26-44/h1-38H. The molecule has 0 radical (unpaired) electrons. The van der Waals surface area contributed by atoms with Crippen molar-refractivity contribution < 1.29 is 0 Å². The van der Waals surface area contributed by atoms with Crippen molar-refractivity contribution in [2.45, 2.75) is 0 Å². The van der Waals surface area contributed by atoms with E-state index in [0.29, 0.717) is 5.82 Å². The van der Waals surface area contributed by atoms with E-state index in [9.17, 15) is 0 Å². The Morgan fingerprint density at radius 1 is 0.295 bits per heavy atom. The van der Waals surface area contributed by atoms with E-state index in [1.54, 1.807) is 0 Å². The van der Waals surface area contributed by atoms with E-state index < -0.39 is 0 Å². The Morgan fingerprint density at radius 3 is 1.39 bits per heavy atom. The molecular formula is C57H38N4. The van der Waals surface area contributed by atoms with Gasteiger partial charge in [0.15, 0.2) is 5.82 Å². The van der Waals surface area contributed by atoms with Crippen molar-refractivity contribution >= 4 is 16.3 Å². The molecular weight excluding hydrogens is 741 g/mol. The van der Waals surface area contributed by atoms with Crippen LogP contribution in [0.15, 0.2) is 231 Å². The van der Waals surface area contributed by atoms with Crippen LogP contribution >= 0.6 is 0 Å². The van der Waals surface area contributed by atoms with Gasteiger partial charge in [-0.1, -0.05) is 218 Å². The summed E-state index contributed by atoms with van der Waals surface area (Å²) in [6, 6.07) is 80.9. The smallest absolute Gasteiger partial charge is 0.160 e.